The first-order chi connectivity index (χ1) is 28.9. The van der Waals surface area contributed by atoms with Gasteiger partial charge in [0.2, 0.25) is 0 Å². The predicted molar refractivity (Wildman–Crippen MR) is 243 cm³/mol. The van der Waals surface area contributed by atoms with E-state index in [4.69, 9.17) is 0 Å². The van der Waals surface area contributed by atoms with Gasteiger partial charge in [0.25, 0.3) is 0 Å². The fraction of sp³-hybridized carbons (Fsp3) is 0.787. The van der Waals surface area contributed by atoms with Gasteiger partial charge in [-0.1, -0.05) is 155 Å². The molecule has 16 heteroatoms. The number of aryl methyl sites for hydroxylation is 6. The first kappa shape index (κ1) is 61.3. The Morgan fingerprint density at radius 2 is 0.524 bits per heavy atom. The number of pyridine rings is 2. The van der Waals surface area contributed by atoms with E-state index < -0.39 is 15.6 Å². The van der Waals surface area contributed by atoms with Crippen molar-refractivity contribution in [1.29, 1.82) is 0 Å². The second-order valence-corrected chi connectivity index (χ2v) is 21.7. The Morgan fingerprint density at radius 3 is 0.762 bits per heavy atom. The van der Waals surface area contributed by atoms with E-state index in [1.807, 2.05) is 0 Å². The van der Waals surface area contributed by atoms with Gasteiger partial charge in [0.1, 0.15) is 13.1 Å². The molecule has 0 N–H and O–H groups in total. The molecular weight excluding hydrogens is 882 g/mol. The van der Waals surface area contributed by atoms with Gasteiger partial charge in [-0.3, -0.25) is 0 Å². The Labute approximate surface area is 373 Å². The summed E-state index contributed by atoms with van der Waals surface area (Å²) in [5, 5.41) is 0. The van der Waals surface area contributed by atoms with Crippen LogP contribution in [0.15, 0.2) is 24.3 Å². The average molecular weight is 967 g/mol. The number of halogens is 12. The number of aromatic nitrogens is 2. The molecule has 0 aliphatic heterocycles. The molecule has 0 saturated heterocycles. The molecule has 0 unspecified atom stereocenters. The van der Waals surface area contributed by atoms with Crippen LogP contribution in [0.2, 0.25) is 0 Å². The summed E-state index contributed by atoms with van der Waals surface area (Å²) in [6, 6.07) is 9.72. The molecule has 2 rings (SSSR count). The molecule has 0 aromatic carbocycles. The Kier molecular flexibility index (Phi) is 27.1. The second-order valence-electron chi connectivity index (χ2n) is 17.9. The van der Waals surface area contributed by atoms with E-state index >= 15 is 0 Å². The molecule has 0 bridgehead atoms. The average Bonchev–Trinajstić information content (AvgIpc) is 3.11. The number of rotatable bonds is 32. The van der Waals surface area contributed by atoms with Crippen molar-refractivity contribution in [3.63, 3.8) is 0 Å². The Balaban J connectivity index is 0.00000235. The molecule has 0 spiro atoms. The van der Waals surface area contributed by atoms with E-state index in [-0.39, 0.29) is 0 Å². The van der Waals surface area contributed by atoms with Crippen molar-refractivity contribution in [3.05, 3.63) is 58.2 Å². The van der Waals surface area contributed by atoms with E-state index in [1.165, 1.54) is 222 Å². The van der Waals surface area contributed by atoms with E-state index in [9.17, 15) is 50.4 Å². The molecule has 0 atom stereocenters. The Bertz CT molecular complexity index is 1400. The van der Waals surface area contributed by atoms with Crippen LogP contribution in [0.25, 0.3) is 0 Å². The molecule has 2 heterocycles. The van der Waals surface area contributed by atoms with Crippen LogP contribution in [0.5, 0.6) is 0 Å². The molecule has 0 fully saturated rings. The summed E-state index contributed by atoms with van der Waals surface area (Å²) < 4.78 is 124. The predicted octanol–water partition coefficient (Wildman–Crippen LogP) is 20.6. The standard InChI is InChI=1S/C47H84N2.2F6P/c1-7-9-11-13-15-17-19-21-23-25-27-30-34-46-40-42(3)38-44(5)48(46)36-32-29-33-37-49-45(6)39-43(4)41-47(49)35-31-28-26-24-22-20-18-16-14-12-10-8-2;2*1-7(2,3,4,5)6/h38-41H,7-37H2,1-6H3;;/q+2;2*-1. The van der Waals surface area contributed by atoms with Crippen LogP contribution >= 0.6 is 15.6 Å². The number of nitrogens with zero attached hydrogens (tertiary/aromatic N) is 2. The fourth-order valence-electron chi connectivity index (χ4n) is 8.10. The number of unbranched alkanes of at least 4 members (excludes halogenated alkanes) is 24. The third-order valence-corrected chi connectivity index (χ3v) is 11.0. The van der Waals surface area contributed by atoms with Crippen LogP contribution < -0.4 is 9.13 Å². The van der Waals surface area contributed by atoms with Gasteiger partial charge in [0.05, 0.1) is 0 Å². The van der Waals surface area contributed by atoms with Crippen LogP contribution in [0.3, 0.4) is 0 Å². The molecule has 2 aromatic rings. The topological polar surface area (TPSA) is 7.76 Å². The van der Waals surface area contributed by atoms with Crippen molar-refractivity contribution in [3.8, 4) is 0 Å². The van der Waals surface area contributed by atoms with Crippen LogP contribution in [-0.2, 0) is 25.9 Å². The summed E-state index contributed by atoms with van der Waals surface area (Å²) in [5.74, 6) is 0. The molecule has 63 heavy (non-hydrogen) atoms. The van der Waals surface area contributed by atoms with Gasteiger partial charge in [0, 0.05) is 63.8 Å². The zero-order chi connectivity index (χ0) is 48.2. The summed E-state index contributed by atoms with van der Waals surface area (Å²) in [7, 11) is -21.3. The first-order valence-corrected chi connectivity index (χ1v) is 28.0. The quantitative estimate of drug-likeness (QED) is 0.0299. The van der Waals surface area contributed by atoms with Crippen LogP contribution in [0.1, 0.15) is 221 Å². The van der Waals surface area contributed by atoms with E-state index in [0.717, 1.165) is 0 Å². The van der Waals surface area contributed by atoms with Crippen molar-refractivity contribution >= 4 is 15.6 Å². The van der Waals surface area contributed by atoms with Crippen molar-refractivity contribution in [1.82, 2.24) is 0 Å². The van der Waals surface area contributed by atoms with E-state index in [2.05, 4.69) is 74.9 Å². The summed E-state index contributed by atoms with van der Waals surface area (Å²) in [6.07, 6.45) is 40.4. The Morgan fingerprint density at radius 1 is 0.317 bits per heavy atom. The first-order valence-electron chi connectivity index (χ1n) is 24.0. The van der Waals surface area contributed by atoms with Gasteiger partial charge < -0.3 is 0 Å². The molecule has 2 aromatic heterocycles. The Hall–Kier alpha value is -1.68. The molecular formula is C47H84F12N2P2. The van der Waals surface area contributed by atoms with Crippen molar-refractivity contribution in [2.45, 2.75) is 241 Å². The molecule has 0 aliphatic carbocycles. The van der Waals surface area contributed by atoms with Gasteiger partial charge in [0.15, 0.2) is 22.8 Å². The molecule has 0 aliphatic rings. The third kappa shape index (κ3) is 46.6. The van der Waals surface area contributed by atoms with Gasteiger partial charge in [-0.25, -0.2) is 9.13 Å². The minimum atomic E-state index is -10.7. The van der Waals surface area contributed by atoms with Gasteiger partial charge >= 0.3 is 66.0 Å². The zero-order valence-corrected chi connectivity index (χ0v) is 41.3. The maximum absolute atomic E-state index is 10.7. The summed E-state index contributed by atoms with van der Waals surface area (Å²) in [6.45, 7) is 16.2. The monoisotopic (exact) mass is 967 g/mol. The van der Waals surface area contributed by atoms with Gasteiger partial charge in [-0.2, -0.15) is 0 Å². The number of hydrogen-bond acceptors (Lipinski definition) is 0. The van der Waals surface area contributed by atoms with Crippen LogP contribution in [-0.4, -0.2) is 0 Å². The summed E-state index contributed by atoms with van der Waals surface area (Å²) >= 11 is 0. The third-order valence-electron chi connectivity index (χ3n) is 11.0. The second kappa shape index (κ2) is 27.8. The summed E-state index contributed by atoms with van der Waals surface area (Å²) in [4.78, 5) is 0. The minimum absolute atomic E-state index is 1.17. The van der Waals surface area contributed by atoms with Crippen LogP contribution in [0, 0.1) is 27.7 Å². The fourth-order valence-corrected chi connectivity index (χ4v) is 8.10. The normalized spacial score (nSPS) is 14.1. The molecule has 0 radical (unpaired) electrons. The molecule has 376 valence electrons. The van der Waals surface area contributed by atoms with Gasteiger partial charge in [-0.05, 0) is 44.2 Å². The van der Waals surface area contributed by atoms with Crippen molar-refractivity contribution in [2.75, 3.05) is 0 Å². The SMILES string of the molecule is CCCCCCCCCCCCCCc1cc(C)cc(C)[n+]1CCCCC[n+]1c(C)cc(C)cc1CCCCCCCCCCCCCC.F[P-](F)(F)(F)(F)F.F[P-](F)(F)(F)(F)F. The molecule has 0 amide bonds. The van der Waals surface area contributed by atoms with Crippen LogP contribution in [0.4, 0.5) is 50.4 Å². The van der Waals surface area contributed by atoms with Crippen molar-refractivity contribution in [2.24, 2.45) is 0 Å². The van der Waals surface area contributed by atoms with E-state index in [0.29, 0.717) is 0 Å². The molecule has 2 nitrogen and oxygen atoms in total. The van der Waals surface area contributed by atoms with Crippen molar-refractivity contribution < 1.29 is 59.5 Å². The zero-order valence-electron chi connectivity index (χ0n) is 39.6. The number of hydrogen-bond donors (Lipinski definition) is 0. The molecule has 0 saturated carbocycles. The maximum atomic E-state index is 9.87. The summed E-state index contributed by atoms with van der Waals surface area (Å²) in [5.41, 5.74) is 8.88. The van der Waals surface area contributed by atoms with Gasteiger partial charge in [-0.15, -0.1) is 0 Å². The van der Waals surface area contributed by atoms with E-state index in [1.54, 1.807) is 11.4 Å².